The van der Waals surface area contributed by atoms with Crippen molar-refractivity contribution in [1.82, 2.24) is 25.3 Å². The van der Waals surface area contributed by atoms with Gasteiger partial charge in [-0.25, -0.2) is 0 Å². The maximum Gasteiger partial charge on any atom is 0.275 e. The number of aromatic amines is 2. The van der Waals surface area contributed by atoms with Crippen LogP contribution in [0.3, 0.4) is 0 Å². The van der Waals surface area contributed by atoms with Crippen molar-refractivity contribution in [2.75, 3.05) is 13.7 Å². The lowest BCUT2D eigenvalue weighted by Gasteiger charge is -2.24. The highest BCUT2D eigenvalue weighted by Crippen LogP contribution is 2.25. The smallest absolute Gasteiger partial charge is 0.275 e. The summed E-state index contributed by atoms with van der Waals surface area (Å²) in [6, 6.07) is 11.8. The summed E-state index contributed by atoms with van der Waals surface area (Å²) in [4.78, 5) is 14.6. The number of amides is 1. The molecule has 0 saturated carbocycles. The summed E-state index contributed by atoms with van der Waals surface area (Å²) in [7, 11) is 1.78. The van der Waals surface area contributed by atoms with Crippen molar-refractivity contribution >= 4 is 5.91 Å². The molecule has 1 aliphatic rings. The number of rotatable bonds is 4. The van der Waals surface area contributed by atoms with Crippen molar-refractivity contribution in [2.24, 2.45) is 0 Å². The van der Waals surface area contributed by atoms with Gasteiger partial charge in [0.2, 0.25) is 0 Å². The molecule has 0 radical (unpaired) electrons. The molecule has 1 amide bonds. The van der Waals surface area contributed by atoms with Gasteiger partial charge in [-0.05, 0) is 13.0 Å². The van der Waals surface area contributed by atoms with E-state index < -0.39 is 0 Å². The van der Waals surface area contributed by atoms with Crippen LogP contribution < -0.4 is 0 Å². The molecule has 134 valence electrons. The van der Waals surface area contributed by atoms with Gasteiger partial charge in [0.05, 0.1) is 30.6 Å². The standard InChI is InChI=1S/C19H21N5O2/c1-12(16-10-17(22-21-16)13-6-4-3-5-7-13)24(2)19(25)18-14-11-26-9-8-15(14)20-23-18/h3-7,10,12H,8-9,11H2,1-2H3,(H,20,23)(H,21,22)/t12-/m0/s1. The van der Waals surface area contributed by atoms with Gasteiger partial charge < -0.3 is 9.64 Å². The van der Waals surface area contributed by atoms with E-state index >= 15 is 0 Å². The Labute approximate surface area is 151 Å². The molecule has 0 unspecified atom stereocenters. The molecule has 0 fully saturated rings. The first-order valence-corrected chi connectivity index (χ1v) is 8.67. The third-order valence-corrected chi connectivity index (χ3v) is 4.92. The Morgan fingerprint density at radius 1 is 1.23 bits per heavy atom. The number of nitrogens with zero attached hydrogens (tertiary/aromatic N) is 3. The van der Waals surface area contributed by atoms with Gasteiger partial charge in [-0.2, -0.15) is 10.2 Å². The van der Waals surface area contributed by atoms with E-state index in [2.05, 4.69) is 20.4 Å². The summed E-state index contributed by atoms with van der Waals surface area (Å²) in [5.41, 5.74) is 5.08. The van der Waals surface area contributed by atoms with Crippen LogP contribution in [0.5, 0.6) is 0 Å². The van der Waals surface area contributed by atoms with E-state index in [4.69, 9.17) is 4.74 Å². The van der Waals surface area contributed by atoms with E-state index in [1.807, 2.05) is 43.3 Å². The van der Waals surface area contributed by atoms with E-state index in [-0.39, 0.29) is 11.9 Å². The van der Waals surface area contributed by atoms with Crippen LogP contribution in [0.1, 0.15) is 40.4 Å². The minimum absolute atomic E-state index is 0.128. The third kappa shape index (κ3) is 2.90. The summed E-state index contributed by atoms with van der Waals surface area (Å²) in [6.07, 6.45) is 0.760. The molecule has 4 rings (SSSR count). The van der Waals surface area contributed by atoms with Crippen LogP contribution in [0.15, 0.2) is 36.4 Å². The summed E-state index contributed by atoms with van der Waals surface area (Å²) >= 11 is 0. The molecule has 3 aromatic rings. The van der Waals surface area contributed by atoms with Crippen LogP contribution in [0.4, 0.5) is 0 Å². The van der Waals surface area contributed by atoms with Gasteiger partial charge in [0.1, 0.15) is 0 Å². The fourth-order valence-electron chi connectivity index (χ4n) is 3.15. The molecule has 0 aliphatic carbocycles. The third-order valence-electron chi connectivity index (χ3n) is 4.92. The second kappa shape index (κ2) is 6.76. The molecule has 7 nitrogen and oxygen atoms in total. The van der Waals surface area contributed by atoms with E-state index in [0.717, 1.165) is 34.6 Å². The maximum absolute atomic E-state index is 12.9. The van der Waals surface area contributed by atoms with E-state index in [1.165, 1.54) is 0 Å². The quantitative estimate of drug-likeness (QED) is 0.757. The zero-order valence-electron chi connectivity index (χ0n) is 14.8. The number of benzene rings is 1. The average Bonchev–Trinajstić information content (AvgIpc) is 3.34. The lowest BCUT2D eigenvalue weighted by Crippen LogP contribution is -2.31. The van der Waals surface area contributed by atoms with E-state index in [1.54, 1.807) is 11.9 Å². The van der Waals surface area contributed by atoms with Crippen molar-refractivity contribution < 1.29 is 9.53 Å². The zero-order valence-corrected chi connectivity index (χ0v) is 14.8. The lowest BCUT2D eigenvalue weighted by molar-refractivity contribution is 0.0720. The number of aromatic nitrogens is 4. The molecule has 7 heteroatoms. The second-order valence-electron chi connectivity index (χ2n) is 6.50. The lowest BCUT2D eigenvalue weighted by atomic mass is 10.1. The Hall–Kier alpha value is -2.93. The Morgan fingerprint density at radius 3 is 2.85 bits per heavy atom. The predicted molar refractivity (Wildman–Crippen MR) is 96.5 cm³/mol. The molecule has 0 bridgehead atoms. The summed E-state index contributed by atoms with van der Waals surface area (Å²) < 4.78 is 5.48. The molecule has 0 saturated heterocycles. The predicted octanol–water partition coefficient (Wildman–Crippen LogP) is 2.71. The number of H-pyrrole nitrogens is 2. The molecule has 1 aliphatic heterocycles. The number of carbonyl (C=O) groups is 1. The molecule has 26 heavy (non-hydrogen) atoms. The van der Waals surface area contributed by atoms with Gasteiger partial charge >= 0.3 is 0 Å². The van der Waals surface area contributed by atoms with Gasteiger partial charge in [-0.15, -0.1) is 0 Å². The largest absolute Gasteiger partial charge is 0.376 e. The van der Waals surface area contributed by atoms with Crippen LogP contribution in [0.25, 0.3) is 11.3 Å². The molecule has 1 aromatic carbocycles. The number of hydrogen-bond donors (Lipinski definition) is 2. The monoisotopic (exact) mass is 351 g/mol. The fourth-order valence-corrected chi connectivity index (χ4v) is 3.15. The minimum atomic E-state index is -0.163. The fraction of sp³-hybridized carbons (Fsp3) is 0.316. The number of nitrogens with one attached hydrogen (secondary N) is 2. The van der Waals surface area contributed by atoms with Gasteiger partial charge in [0.25, 0.3) is 5.91 Å². The van der Waals surface area contributed by atoms with Crippen molar-refractivity contribution in [2.45, 2.75) is 26.0 Å². The Morgan fingerprint density at radius 2 is 2.04 bits per heavy atom. The maximum atomic E-state index is 12.9. The minimum Gasteiger partial charge on any atom is -0.376 e. The van der Waals surface area contributed by atoms with Crippen LogP contribution in [0, 0.1) is 0 Å². The molecular formula is C19H21N5O2. The van der Waals surface area contributed by atoms with Gasteiger partial charge in [-0.3, -0.25) is 15.0 Å². The summed E-state index contributed by atoms with van der Waals surface area (Å²) in [5.74, 6) is -0.128. The Balaban J connectivity index is 1.55. The van der Waals surface area contributed by atoms with Crippen LogP contribution >= 0.6 is 0 Å². The molecular weight excluding hydrogens is 330 g/mol. The van der Waals surface area contributed by atoms with E-state index in [0.29, 0.717) is 18.9 Å². The molecule has 3 heterocycles. The average molecular weight is 351 g/mol. The van der Waals surface area contributed by atoms with Gasteiger partial charge in [0.15, 0.2) is 5.69 Å². The number of carbonyl (C=O) groups excluding carboxylic acids is 1. The van der Waals surface area contributed by atoms with Gasteiger partial charge in [0, 0.05) is 30.3 Å². The topological polar surface area (TPSA) is 86.9 Å². The van der Waals surface area contributed by atoms with Crippen LogP contribution in [-0.4, -0.2) is 44.9 Å². The van der Waals surface area contributed by atoms with Crippen molar-refractivity contribution in [3.8, 4) is 11.3 Å². The summed E-state index contributed by atoms with van der Waals surface area (Å²) in [5, 5.41) is 14.6. The van der Waals surface area contributed by atoms with Crippen LogP contribution in [-0.2, 0) is 17.8 Å². The summed E-state index contributed by atoms with van der Waals surface area (Å²) in [6.45, 7) is 3.05. The first-order valence-electron chi connectivity index (χ1n) is 8.67. The molecule has 2 N–H and O–H groups in total. The Kier molecular flexibility index (Phi) is 4.30. The number of hydrogen-bond acceptors (Lipinski definition) is 4. The molecule has 1 atom stereocenters. The number of fused-ring (bicyclic) bond motifs is 1. The highest BCUT2D eigenvalue weighted by atomic mass is 16.5. The number of ether oxygens (including phenoxy) is 1. The van der Waals surface area contributed by atoms with Crippen molar-refractivity contribution in [3.05, 3.63) is 59.0 Å². The second-order valence-corrected chi connectivity index (χ2v) is 6.50. The highest BCUT2D eigenvalue weighted by molar-refractivity contribution is 5.94. The van der Waals surface area contributed by atoms with Crippen molar-refractivity contribution in [3.63, 3.8) is 0 Å². The zero-order chi connectivity index (χ0) is 18.1. The van der Waals surface area contributed by atoms with E-state index in [9.17, 15) is 4.79 Å². The molecule has 0 spiro atoms. The first kappa shape index (κ1) is 16.5. The normalized spacial score (nSPS) is 14.7. The van der Waals surface area contributed by atoms with Crippen LogP contribution in [0.2, 0.25) is 0 Å². The SMILES string of the molecule is C[C@@H](c1cc(-c2ccccc2)n[nH]1)N(C)C(=O)c1n[nH]c2c1COCC2. The highest BCUT2D eigenvalue weighted by Gasteiger charge is 2.27. The van der Waals surface area contributed by atoms with Crippen molar-refractivity contribution in [1.29, 1.82) is 0 Å². The molecule has 2 aromatic heterocycles. The van der Waals surface area contributed by atoms with Gasteiger partial charge in [-0.1, -0.05) is 30.3 Å². The first-order chi connectivity index (χ1) is 12.6. The Bertz CT molecular complexity index is 915.